The van der Waals surface area contributed by atoms with E-state index in [9.17, 15) is 10.1 Å². The highest BCUT2D eigenvalue weighted by Crippen LogP contribution is 2.22. The number of nitrogen functional groups attached to an aromatic ring is 1. The Bertz CT molecular complexity index is 597. The van der Waals surface area contributed by atoms with Crippen molar-refractivity contribution >= 4 is 17.5 Å². The van der Waals surface area contributed by atoms with Crippen LogP contribution >= 0.6 is 0 Å². The van der Waals surface area contributed by atoms with Gasteiger partial charge in [0, 0.05) is 0 Å². The van der Waals surface area contributed by atoms with Crippen LogP contribution in [0.1, 0.15) is 11.7 Å². The Labute approximate surface area is 107 Å². The molecule has 10 heteroatoms. The number of aryl methyl sites for hydroxylation is 1. The SMILES string of the molecule is Cc1cnc(CNc2nc(NN)ncc2[N+](=O)[O-])o1. The zero-order chi connectivity index (χ0) is 13.8. The summed E-state index contributed by atoms with van der Waals surface area (Å²) in [6.45, 7) is 1.91. The lowest BCUT2D eigenvalue weighted by molar-refractivity contribution is -0.384. The van der Waals surface area contributed by atoms with Crippen LogP contribution in [0.25, 0.3) is 0 Å². The van der Waals surface area contributed by atoms with Crippen LogP contribution in [0.4, 0.5) is 17.5 Å². The van der Waals surface area contributed by atoms with Gasteiger partial charge in [-0.15, -0.1) is 0 Å². The van der Waals surface area contributed by atoms with E-state index < -0.39 is 4.92 Å². The Morgan fingerprint density at radius 2 is 2.26 bits per heavy atom. The number of nitrogens with zero attached hydrogens (tertiary/aromatic N) is 4. The van der Waals surface area contributed by atoms with Crippen LogP contribution in [0.2, 0.25) is 0 Å². The molecule has 0 bridgehead atoms. The summed E-state index contributed by atoms with van der Waals surface area (Å²) in [4.78, 5) is 21.7. The van der Waals surface area contributed by atoms with Crippen molar-refractivity contribution in [3.05, 3.63) is 34.2 Å². The molecule has 0 spiro atoms. The van der Waals surface area contributed by atoms with Gasteiger partial charge in [-0.05, 0) is 6.92 Å². The summed E-state index contributed by atoms with van der Waals surface area (Å²) in [7, 11) is 0. The highest BCUT2D eigenvalue weighted by atomic mass is 16.6. The van der Waals surface area contributed by atoms with Crippen LogP contribution in [-0.2, 0) is 6.54 Å². The molecule has 0 amide bonds. The molecule has 4 N–H and O–H groups in total. The van der Waals surface area contributed by atoms with E-state index in [4.69, 9.17) is 10.3 Å². The normalized spacial score (nSPS) is 10.2. The fourth-order valence-corrected chi connectivity index (χ4v) is 1.35. The molecule has 0 saturated heterocycles. The molecule has 2 aromatic rings. The molecule has 0 saturated carbocycles. The van der Waals surface area contributed by atoms with Gasteiger partial charge in [0.2, 0.25) is 17.7 Å². The molecular formula is C9H11N7O3. The van der Waals surface area contributed by atoms with Crippen LogP contribution in [-0.4, -0.2) is 19.9 Å². The fourth-order valence-electron chi connectivity index (χ4n) is 1.35. The van der Waals surface area contributed by atoms with Crippen molar-refractivity contribution in [2.24, 2.45) is 5.84 Å². The summed E-state index contributed by atoms with van der Waals surface area (Å²) < 4.78 is 5.23. The molecule has 100 valence electrons. The van der Waals surface area contributed by atoms with E-state index in [1.165, 1.54) is 0 Å². The number of anilines is 2. The molecule has 0 aliphatic carbocycles. The monoisotopic (exact) mass is 265 g/mol. The molecule has 0 radical (unpaired) electrons. The predicted molar refractivity (Wildman–Crippen MR) is 65.1 cm³/mol. The standard InChI is InChI=1S/C9H11N7O3/c1-5-2-11-7(19-5)4-12-8-6(16(17)18)3-13-9(14-8)15-10/h2-3H,4,10H2,1H3,(H2,12,13,14,15). The van der Waals surface area contributed by atoms with E-state index in [1.807, 2.05) is 0 Å². The third-order valence-electron chi connectivity index (χ3n) is 2.17. The van der Waals surface area contributed by atoms with E-state index in [0.29, 0.717) is 11.7 Å². The Balaban J connectivity index is 2.19. The van der Waals surface area contributed by atoms with Crippen molar-refractivity contribution in [3.8, 4) is 0 Å². The number of nitro groups is 1. The van der Waals surface area contributed by atoms with Crippen molar-refractivity contribution in [3.63, 3.8) is 0 Å². The zero-order valence-corrected chi connectivity index (χ0v) is 9.95. The number of hydrogen-bond donors (Lipinski definition) is 3. The first-order valence-corrected chi connectivity index (χ1v) is 5.23. The second-order valence-electron chi connectivity index (χ2n) is 3.55. The Morgan fingerprint density at radius 1 is 1.47 bits per heavy atom. The van der Waals surface area contributed by atoms with E-state index >= 15 is 0 Å². The van der Waals surface area contributed by atoms with Gasteiger partial charge in [-0.1, -0.05) is 0 Å². The molecule has 10 nitrogen and oxygen atoms in total. The lowest BCUT2D eigenvalue weighted by atomic mass is 10.4. The summed E-state index contributed by atoms with van der Waals surface area (Å²) in [5.41, 5.74) is 1.95. The summed E-state index contributed by atoms with van der Waals surface area (Å²) in [5, 5.41) is 13.6. The maximum atomic E-state index is 10.8. The van der Waals surface area contributed by atoms with Crippen LogP contribution in [0.3, 0.4) is 0 Å². The molecule has 0 aliphatic heterocycles. The van der Waals surface area contributed by atoms with Gasteiger partial charge in [-0.25, -0.2) is 15.8 Å². The first kappa shape index (κ1) is 12.7. The van der Waals surface area contributed by atoms with E-state index in [1.54, 1.807) is 13.1 Å². The van der Waals surface area contributed by atoms with Gasteiger partial charge < -0.3 is 9.73 Å². The quantitative estimate of drug-likeness (QED) is 0.401. The van der Waals surface area contributed by atoms with Crippen LogP contribution in [0, 0.1) is 17.0 Å². The third kappa shape index (κ3) is 2.93. The molecule has 19 heavy (non-hydrogen) atoms. The minimum Gasteiger partial charge on any atom is -0.444 e. The number of rotatable bonds is 5. The van der Waals surface area contributed by atoms with Gasteiger partial charge in [0.15, 0.2) is 0 Å². The Hall–Kier alpha value is -2.75. The first-order valence-electron chi connectivity index (χ1n) is 5.23. The van der Waals surface area contributed by atoms with Gasteiger partial charge in [0.1, 0.15) is 12.0 Å². The van der Waals surface area contributed by atoms with Gasteiger partial charge in [-0.3, -0.25) is 15.5 Å². The topological polar surface area (TPSA) is 145 Å². The van der Waals surface area contributed by atoms with E-state index in [2.05, 4.69) is 25.7 Å². The second-order valence-corrected chi connectivity index (χ2v) is 3.55. The molecule has 2 heterocycles. The number of hydrazine groups is 1. The van der Waals surface area contributed by atoms with Gasteiger partial charge in [0.25, 0.3) is 0 Å². The zero-order valence-electron chi connectivity index (χ0n) is 9.95. The lowest BCUT2D eigenvalue weighted by Gasteiger charge is -2.05. The number of nitrogens with two attached hydrogens (primary N) is 1. The highest BCUT2D eigenvalue weighted by Gasteiger charge is 2.17. The largest absolute Gasteiger partial charge is 0.444 e. The van der Waals surface area contributed by atoms with Crippen LogP contribution in [0.15, 0.2) is 16.8 Å². The van der Waals surface area contributed by atoms with Crippen molar-refractivity contribution in [2.75, 3.05) is 10.7 Å². The van der Waals surface area contributed by atoms with Crippen molar-refractivity contribution < 1.29 is 9.34 Å². The van der Waals surface area contributed by atoms with Crippen molar-refractivity contribution in [1.82, 2.24) is 15.0 Å². The third-order valence-corrected chi connectivity index (χ3v) is 2.17. The van der Waals surface area contributed by atoms with Crippen molar-refractivity contribution in [1.29, 1.82) is 0 Å². The maximum Gasteiger partial charge on any atom is 0.329 e. The van der Waals surface area contributed by atoms with E-state index in [-0.39, 0.29) is 24.0 Å². The molecule has 0 aromatic carbocycles. The minimum atomic E-state index is -0.594. The fraction of sp³-hybridized carbons (Fsp3) is 0.222. The summed E-state index contributed by atoms with van der Waals surface area (Å²) >= 11 is 0. The molecule has 2 rings (SSSR count). The van der Waals surface area contributed by atoms with Crippen LogP contribution < -0.4 is 16.6 Å². The van der Waals surface area contributed by atoms with Crippen LogP contribution in [0.5, 0.6) is 0 Å². The predicted octanol–water partition coefficient (Wildman–Crippen LogP) is 0.579. The number of aromatic nitrogens is 3. The number of nitrogens with one attached hydrogen (secondary N) is 2. The average Bonchev–Trinajstić information content (AvgIpc) is 2.81. The Morgan fingerprint density at radius 3 is 2.84 bits per heavy atom. The molecular weight excluding hydrogens is 254 g/mol. The minimum absolute atomic E-state index is 0.0313. The highest BCUT2D eigenvalue weighted by molar-refractivity contribution is 5.56. The first-order chi connectivity index (χ1) is 9.10. The lowest BCUT2D eigenvalue weighted by Crippen LogP contribution is -2.13. The smallest absolute Gasteiger partial charge is 0.329 e. The van der Waals surface area contributed by atoms with Gasteiger partial charge in [0.05, 0.1) is 17.7 Å². The van der Waals surface area contributed by atoms with Gasteiger partial charge in [-0.2, -0.15) is 4.98 Å². The number of hydrogen-bond acceptors (Lipinski definition) is 9. The average molecular weight is 265 g/mol. The number of oxazole rings is 1. The summed E-state index contributed by atoms with van der Waals surface area (Å²) in [6.07, 6.45) is 2.61. The molecule has 2 aromatic heterocycles. The summed E-state index contributed by atoms with van der Waals surface area (Å²) in [5.74, 6) is 6.30. The summed E-state index contributed by atoms with van der Waals surface area (Å²) in [6, 6.07) is 0. The Kier molecular flexibility index (Phi) is 3.52. The molecule has 0 aliphatic rings. The molecule has 0 atom stereocenters. The van der Waals surface area contributed by atoms with Gasteiger partial charge >= 0.3 is 5.69 Å². The maximum absolute atomic E-state index is 10.8. The molecule has 0 fully saturated rings. The molecule has 0 unspecified atom stereocenters. The van der Waals surface area contributed by atoms with E-state index in [0.717, 1.165) is 6.20 Å². The van der Waals surface area contributed by atoms with Crippen molar-refractivity contribution in [2.45, 2.75) is 13.5 Å². The second kappa shape index (κ2) is 5.27.